The SMILES string of the molecule is FC(F)(F)[C@H]1CO[C@@H](CBr)C1. The van der Waals surface area contributed by atoms with Crippen LogP contribution in [0.5, 0.6) is 0 Å². The lowest BCUT2D eigenvalue weighted by Crippen LogP contribution is -2.23. The van der Waals surface area contributed by atoms with E-state index >= 15 is 0 Å². The number of hydrogen-bond donors (Lipinski definition) is 0. The Morgan fingerprint density at radius 2 is 2.09 bits per heavy atom. The third-order valence-electron chi connectivity index (χ3n) is 1.72. The Morgan fingerprint density at radius 3 is 2.36 bits per heavy atom. The van der Waals surface area contributed by atoms with E-state index in [0.29, 0.717) is 5.33 Å². The number of ether oxygens (including phenoxy) is 1. The van der Waals surface area contributed by atoms with Gasteiger partial charge in [-0.15, -0.1) is 0 Å². The van der Waals surface area contributed by atoms with Crippen molar-refractivity contribution in [3.8, 4) is 0 Å². The molecule has 1 saturated heterocycles. The fourth-order valence-electron chi connectivity index (χ4n) is 1.04. The fraction of sp³-hybridized carbons (Fsp3) is 1.00. The first kappa shape index (κ1) is 9.32. The van der Waals surface area contributed by atoms with E-state index in [1.807, 2.05) is 0 Å². The van der Waals surface area contributed by atoms with Crippen LogP contribution in [-0.2, 0) is 4.74 Å². The summed E-state index contributed by atoms with van der Waals surface area (Å²) >= 11 is 3.08. The van der Waals surface area contributed by atoms with E-state index in [0.717, 1.165) is 0 Å². The third-order valence-corrected chi connectivity index (χ3v) is 2.44. The molecule has 0 aromatic carbocycles. The standard InChI is InChI=1S/C6H8BrF3O/c7-2-5-1-4(3-11-5)6(8,9)10/h4-5H,1-3H2/t4-,5-/m1/s1. The van der Waals surface area contributed by atoms with E-state index in [1.165, 1.54) is 0 Å². The molecule has 0 radical (unpaired) electrons. The summed E-state index contributed by atoms with van der Waals surface area (Å²) in [5.74, 6) is -1.26. The van der Waals surface area contributed by atoms with Gasteiger partial charge < -0.3 is 4.74 Å². The van der Waals surface area contributed by atoms with Crippen LogP contribution in [0.3, 0.4) is 0 Å². The number of hydrogen-bond acceptors (Lipinski definition) is 1. The van der Waals surface area contributed by atoms with E-state index in [9.17, 15) is 13.2 Å². The lowest BCUT2D eigenvalue weighted by Gasteiger charge is -2.11. The summed E-state index contributed by atoms with van der Waals surface area (Å²) in [6, 6.07) is 0. The molecule has 0 amide bonds. The van der Waals surface area contributed by atoms with Crippen LogP contribution >= 0.6 is 15.9 Å². The summed E-state index contributed by atoms with van der Waals surface area (Å²) in [6.45, 7) is -0.181. The van der Waals surface area contributed by atoms with Crippen molar-refractivity contribution in [2.75, 3.05) is 11.9 Å². The maximum Gasteiger partial charge on any atom is 0.394 e. The van der Waals surface area contributed by atoms with Gasteiger partial charge in [0.2, 0.25) is 0 Å². The molecule has 0 saturated carbocycles. The van der Waals surface area contributed by atoms with Crippen LogP contribution in [-0.4, -0.2) is 24.2 Å². The van der Waals surface area contributed by atoms with Gasteiger partial charge in [0.15, 0.2) is 0 Å². The first-order valence-corrected chi connectivity index (χ1v) is 4.40. The second-order valence-corrected chi connectivity index (χ2v) is 3.23. The van der Waals surface area contributed by atoms with Crippen molar-refractivity contribution in [2.24, 2.45) is 5.92 Å². The predicted molar refractivity (Wildman–Crippen MR) is 37.7 cm³/mol. The minimum atomic E-state index is -4.09. The molecule has 0 unspecified atom stereocenters. The number of rotatable bonds is 1. The van der Waals surface area contributed by atoms with Crippen molar-refractivity contribution in [3.05, 3.63) is 0 Å². The number of alkyl halides is 4. The summed E-state index contributed by atoms with van der Waals surface area (Å²) in [7, 11) is 0. The van der Waals surface area contributed by atoms with Gasteiger partial charge in [0.25, 0.3) is 0 Å². The molecule has 1 fully saturated rings. The molecular weight excluding hydrogens is 225 g/mol. The van der Waals surface area contributed by atoms with Gasteiger partial charge in [-0.3, -0.25) is 0 Å². The molecule has 0 N–H and O–H groups in total. The quantitative estimate of drug-likeness (QED) is 0.631. The Hall–Kier alpha value is 0.230. The van der Waals surface area contributed by atoms with Crippen LogP contribution < -0.4 is 0 Å². The Bertz CT molecular complexity index is 136. The van der Waals surface area contributed by atoms with Crippen LogP contribution in [0.2, 0.25) is 0 Å². The second-order valence-electron chi connectivity index (χ2n) is 2.58. The first-order valence-electron chi connectivity index (χ1n) is 3.28. The molecule has 1 rings (SSSR count). The summed E-state index contributed by atoms with van der Waals surface area (Å²) in [5.41, 5.74) is 0. The maximum atomic E-state index is 12.0. The maximum absolute atomic E-state index is 12.0. The Balaban J connectivity index is 2.42. The topological polar surface area (TPSA) is 9.23 Å². The highest BCUT2D eigenvalue weighted by Gasteiger charge is 2.44. The summed E-state index contributed by atoms with van der Waals surface area (Å²) < 4.78 is 40.8. The highest BCUT2D eigenvalue weighted by molar-refractivity contribution is 9.09. The van der Waals surface area contributed by atoms with Crippen LogP contribution in [0.4, 0.5) is 13.2 Å². The average Bonchev–Trinajstić information content (AvgIpc) is 2.32. The van der Waals surface area contributed by atoms with Crippen LogP contribution in [0.25, 0.3) is 0 Å². The predicted octanol–water partition coefficient (Wildman–Crippen LogP) is 2.35. The molecule has 66 valence electrons. The van der Waals surface area contributed by atoms with Crippen molar-refractivity contribution in [3.63, 3.8) is 0 Å². The summed E-state index contributed by atoms with van der Waals surface area (Å²) in [4.78, 5) is 0. The van der Waals surface area contributed by atoms with Crippen LogP contribution in [0.1, 0.15) is 6.42 Å². The Kier molecular flexibility index (Phi) is 2.80. The van der Waals surface area contributed by atoms with Crippen molar-refractivity contribution < 1.29 is 17.9 Å². The smallest absolute Gasteiger partial charge is 0.377 e. The van der Waals surface area contributed by atoms with Gasteiger partial charge >= 0.3 is 6.18 Å². The van der Waals surface area contributed by atoms with E-state index in [-0.39, 0.29) is 19.1 Å². The van der Waals surface area contributed by atoms with E-state index in [2.05, 4.69) is 15.9 Å². The third kappa shape index (κ3) is 2.33. The van der Waals surface area contributed by atoms with E-state index in [4.69, 9.17) is 4.74 Å². The molecule has 0 aliphatic carbocycles. The van der Waals surface area contributed by atoms with Crippen molar-refractivity contribution in [1.29, 1.82) is 0 Å². The molecule has 0 bridgehead atoms. The minimum Gasteiger partial charge on any atom is -0.377 e. The second kappa shape index (κ2) is 3.31. The van der Waals surface area contributed by atoms with Crippen LogP contribution in [0, 0.1) is 5.92 Å². The molecule has 1 nitrogen and oxygen atoms in total. The number of halogens is 4. The molecule has 1 heterocycles. The monoisotopic (exact) mass is 232 g/mol. The molecule has 1 aliphatic rings. The largest absolute Gasteiger partial charge is 0.394 e. The lowest BCUT2D eigenvalue weighted by atomic mass is 10.1. The Labute approximate surface area is 71.0 Å². The van der Waals surface area contributed by atoms with Gasteiger partial charge in [-0.2, -0.15) is 13.2 Å². The zero-order chi connectivity index (χ0) is 8.48. The van der Waals surface area contributed by atoms with E-state index in [1.54, 1.807) is 0 Å². The van der Waals surface area contributed by atoms with Gasteiger partial charge in [-0.25, -0.2) is 0 Å². The van der Waals surface area contributed by atoms with Crippen molar-refractivity contribution >= 4 is 15.9 Å². The van der Waals surface area contributed by atoms with Crippen molar-refractivity contribution in [2.45, 2.75) is 18.7 Å². The fourth-order valence-corrected chi connectivity index (χ4v) is 1.49. The molecule has 1 aliphatic heterocycles. The zero-order valence-corrected chi connectivity index (χ0v) is 7.28. The van der Waals surface area contributed by atoms with Crippen LogP contribution in [0.15, 0.2) is 0 Å². The lowest BCUT2D eigenvalue weighted by molar-refractivity contribution is -0.173. The Morgan fingerprint density at radius 1 is 1.45 bits per heavy atom. The van der Waals surface area contributed by atoms with Gasteiger partial charge in [-0.05, 0) is 6.42 Å². The normalized spacial score (nSPS) is 32.7. The molecule has 2 atom stereocenters. The molecular formula is C6H8BrF3O. The first-order chi connectivity index (χ1) is 5.04. The summed E-state index contributed by atoms with van der Waals surface area (Å²) in [5, 5.41) is 0.486. The van der Waals surface area contributed by atoms with E-state index < -0.39 is 12.1 Å². The average molecular weight is 233 g/mol. The minimum absolute atomic E-state index is 0.0920. The molecule has 11 heavy (non-hydrogen) atoms. The highest BCUT2D eigenvalue weighted by atomic mass is 79.9. The summed E-state index contributed by atoms with van der Waals surface area (Å²) in [6.07, 6.45) is -4.26. The molecule has 5 heteroatoms. The van der Waals surface area contributed by atoms with Gasteiger partial charge in [-0.1, -0.05) is 15.9 Å². The zero-order valence-electron chi connectivity index (χ0n) is 5.70. The van der Waals surface area contributed by atoms with Gasteiger partial charge in [0, 0.05) is 5.33 Å². The molecule has 0 aromatic heterocycles. The molecule has 0 aromatic rings. The van der Waals surface area contributed by atoms with Gasteiger partial charge in [0.1, 0.15) is 0 Å². The van der Waals surface area contributed by atoms with Crippen molar-refractivity contribution in [1.82, 2.24) is 0 Å². The highest BCUT2D eigenvalue weighted by Crippen LogP contribution is 2.35. The van der Waals surface area contributed by atoms with Gasteiger partial charge in [0.05, 0.1) is 18.6 Å². The molecule has 0 spiro atoms.